The first-order chi connectivity index (χ1) is 17.0. The Morgan fingerprint density at radius 1 is 0.543 bits per heavy atom. The van der Waals surface area contributed by atoms with Crippen molar-refractivity contribution in [1.82, 2.24) is 0 Å². The second-order valence-corrected chi connectivity index (χ2v) is 9.49. The standard InChI is InChI=1S/C33H36O2/c1-4-6-25-8-12-27(13-9-25)29-16-20-31(21-17-29)33(35,24(3)34)32-22-18-30(19-23-32)28-14-10-26(7-5-2)11-15-28/h8-24,34-35H,4-7H2,1-3H3/t24-/m0/s1. The average Bonchev–Trinajstić information content (AvgIpc) is 2.90. The van der Waals surface area contributed by atoms with Gasteiger partial charge < -0.3 is 10.2 Å². The van der Waals surface area contributed by atoms with Crippen molar-refractivity contribution >= 4 is 0 Å². The molecule has 2 heteroatoms. The summed E-state index contributed by atoms with van der Waals surface area (Å²) in [6.45, 7) is 6.02. The number of rotatable bonds is 9. The maximum atomic E-state index is 11.7. The lowest BCUT2D eigenvalue weighted by Crippen LogP contribution is -2.38. The van der Waals surface area contributed by atoms with Crippen LogP contribution in [0, 0.1) is 0 Å². The third-order valence-corrected chi connectivity index (χ3v) is 6.91. The molecule has 1 atom stereocenters. The Morgan fingerprint density at radius 3 is 1.09 bits per heavy atom. The lowest BCUT2D eigenvalue weighted by molar-refractivity contribution is -0.0394. The summed E-state index contributed by atoms with van der Waals surface area (Å²) < 4.78 is 0. The lowest BCUT2D eigenvalue weighted by Gasteiger charge is -2.32. The van der Waals surface area contributed by atoms with Gasteiger partial charge in [-0.05, 0) is 64.3 Å². The first kappa shape index (κ1) is 24.9. The zero-order valence-corrected chi connectivity index (χ0v) is 21.0. The molecule has 180 valence electrons. The summed E-state index contributed by atoms with van der Waals surface area (Å²) in [6.07, 6.45) is 3.48. The molecule has 0 aliphatic carbocycles. The molecule has 4 aromatic rings. The molecule has 4 rings (SSSR count). The second kappa shape index (κ2) is 11.0. The van der Waals surface area contributed by atoms with Crippen molar-refractivity contribution in [2.24, 2.45) is 0 Å². The van der Waals surface area contributed by atoms with Crippen LogP contribution in [-0.4, -0.2) is 16.3 Å². The Hall–Kier alpha value is -3.20. The highest BCUT2D eigenvalue weighted by molar-refractivity contribution is 5.66. The van der Waals surface area contributed by atoms with E-state index in [1.165, 1.54) is 11.1 Å². The van der Waals surface area contributed by atoms with Gasteiger partial charge >= 0.3 is 0 Å². The molecule has 0 bridgehead atoms. The van der Waals surface area contributed by atoms with Gasteiger partial charge in [-0.2, -0.15) is 0 Å². The molecule has 2 nitrogen and oxygen atoms in total. The number of hydrogen-bond donors (Lipinski definition) is 2. The van der Waals surface area contributed by atoms with Crippen LogP contribution < -0.4 is 0 Å². The topological polar surface area (TPSA) is 40.5 Å². The van der Waals surface area contributed by atoms with E-state index in [-0.39, 0.29) is 0 Å². The van der Waals surface area contributed by atoms with Crippen molar-refractivity contribution in [2.75, 3.05) is 0 Å². The van der Waals surface area contributed by atoms with Crippen molar-refractivity contribution in [3.05, 3.63) is 119 Å². The summed E-state index contributed by atoms with van der Waals surface area (Å²) in [6, 6.07) is 33.0. The van der Waals surface area contributed by atoms with Crippen LogP contribution in [0.5, 0.6) is 0 Å². The van der Waals surface area contributed by atoms with Crippen molar-refractivity contribution in [3.63, 3.8) is 0 Å². The Labute approximate surface area is 209 Å². The number of benzene rings is 4. The lowest BCUT2D eigenvalue weighted by atomic mass is 9.81. The van der Waals surface area contributed by atoms with Crippen molar-refractivity contribution in [3.8, 4) is 22.3 Å². The third kappa shape index (κ3) is 5.40. The molecule has 0 aromatic heterocycles. The van der Waals surface area contributed by atoms with E-state index in [4.69, 9.17) is 0 Å². The molecule has 0 aliphatic heterocycles. The van der Waals surface area contributed by atoms with Gasteiger partial charge in [0.15, 0.2) is 0 Å². The Morgan fingerprint density at radius 2 is 0.829 bits per heavy atom. The average molecular weight is 465 g/mol. The van der Waals surface area contributed by atoms with Gasteiger partial charge in [0.25, 0.3) is 0 Å². The van der Waals surface area contributed by atoms with Gasteiger partial charge in [0.1, 0.15) is 5.60 Å². The molecule has 0 fully saturated rings. The van der Waals surface area contributed by atoms with Crippen molar-refractivity contribution in [1.29, 1.82) is 0 Å². The fourth-order valence-electron chi connectivity index (χ4n) is 4.79. The van der Waals surface area contributed by atoms with Crippen LogP contribution in [0.25, 0.3) is 22.3 Å². The highest BCUT2D eigenvalue weighted by Crippen LogP contribution is 2.35. The molecule has 4 aromatic carbocycles. The number of aryl methyl sites for hydroxylation is 2. The minimum absolute atomic E-state index is 0.676. The SMILES string of the molecule is CCCc1ccc(-c2ccc(C(O)(c3ccc(-c4ccc(CCC)cc4)cc3)[C@H](C)O)cc2)cc1. The third-order valence-electron chi connectivity index (χ3n) is 6.91. The molecule has 0 saturated carbocycles. The second-order valence-electron chi connectivity index (χ2n) is 9.49. The molecule has 0 saturated heterocycles. The normalized spacial score (nSPS) is 12.5. The Kier molecular flexibility index (Phi) is 7.85. The molecule has 35 heavy (non-hydrogen) atoms. The Balaban J connectivity index is 1.59. The fraction of sp³-hybridized carbons (Fsp3) is 0.273. The molecular weight excluding hydrogens is 428 g/mol. The predicted octanol–water partition coefficient (Wildman–Crippen LogP) is 7.54. The zero-order valence-electron chi connectivity index (χ0n) is 21.0. The minimum Gasteiger partial charge on any atom is -0.390 e. The Bertz CT molecular complexity index is 1110. The van der Waals surface area contributed by atoms with Crippen LogP contribution in [0.4, 0.5) is 0 Å². The molecule has 0 unspecified atom stereocenters. The number of aliphatic hydroxyl groups excluding tert-OH is 1. The summed E-state index contributed by atoms with van der Waals surface area (Å²) in [5, 5.41) is 22.4. The summed E-state index contributed by atoms with van der Waals surface area (Å²) >= 11 is 0. The van der Waals surface area contributed by atoms with Crippen LogP contribution in [0.2, 0.25) is 0 Å². The van der Waals surface area contributed by atoms with Gasteiger partial charge in [-0.3, -0.25) is 0 Å². The van der Waals surface area contributed by atoms with E-state index in [2.05, 4.69) is 62.4 Å². The van der Waals surface area contributed by atoms with E-state index in [9.17, 15) is 10.2 Å². The van der Waals surface area contributed by atoms with E-state index in [0.29, 0.717) is 11.1 Å². The monoisotopic (exact) mass is 464 g/mol. The van der Waals surface area contributed by atoms with E-state index in [0.717, 1.165) is 47.9 Å². The van der Waals surface area contributed by atoms with E-state index in [1.54, 1.807) is 6.92 Å². The van der Waals surface area contributed by atoms with Gasteiger partial charge in [0, 0.05) is 0 Å². The van der Waals surface area contributed by atoms with Gasteiger partial charge in [-0.25, -0.2) is 0 Å². The fourth-order valence-corrected chi connectivity index (χ4v) is 4.79. The molecular formula is C33H36O2. The van der Waals surface area contributed by atoms with E-state index < -0.39 is 11.7 Å². The molecule has 0 amide bonds. The van der Waals surface area contributed by atoms with Crippen molar-refractivity contribution < 1.29 is 10.2 Å². The molecule has 0 aliphatic rings. The highest BCUT2D eigenvalue weighted by atomic mass is 16.3. The predicted molar refractivity (Wildman–Crippen MR) is 146 cm³/mol. The highest BCUT2D eigenvalue weighted by Gasteiger charge is 2.36. The first-order valence-electron chi connectivity index (χ1n) is 12.8. The van der Waals surface area contributed by atoms with Crippen LogP contribution in [0.15, 0.2) is 97.1 Å². The molecule has 0 radical (unpaired) electrons. The summed E-state index contributed by atoms with van der Waals surface area (Å²) in [7, 11) is 0. The summed E-state index contributed by atoms with van der Waals surface area (Å²) in [5.41, 5.74) is 7.02. The van der Waals surface area contributed by atoms with Crippen LogP contribution in [0.3, 0.4) is 0 Å². The summed E-state index contributed by atoms with van der Waals surface area (Å²) in [5.74, 6) is 0. The molecule has 0 spiro atoms. The van der Waals surface area contributed by atoms with Crippen LogP contribution in [0.1, 0.15) is 55.9 Å². The largest absolute Gasteiger partial charge is 0.390 e. The van der Waals surface area contributed by atoms with Gasteiger partial charge in [0.2, 0.25) is 0 Å². The number of aliphatic hydroxyl groups is 2. The molecule has 0 heterocycles. The molecule has 2 N–H and O–H groups in total. The maximum absolute atomic E-state index is 11.7. The minimum atomic E-state index is -1.49. The zero-order chi connectivity index (χ0) is 24.8. The van der Waals surface area contributed by atoms with E-state index >= 15 is 0 Å². The van der Waals surface area contributed by atoms with Crippen molar-refractivity contribution in [2.45, 2.75) is 58.2 Å². The smallest absolute Gasteiger partial charge is 0.140 e. The quantitative estimate of drug-likeness (QED) is 0.269. The van der Waals surface area contributed by atoms with Gasteiger partial charge in [-0.15, -0.1) is 0 Å². The first-order valence-corrected chi connectivity index (χ1v) is 12.8. The van der Waals surface area contributed by atoms with Gasteiger partial charge in [0.05, 0.1) is 6.10 Å². The maximum Gasteiger partial charge on any atom is 0.140 e. The number of hydrogen-bond acceptors (Lipinski definition) is 2. The van der Waals surface area contributed by atoms with Gasteiger partial charge in [-0.1, -0.05) is 124 Å². The van der Waals surface area contributed by atoms with Crippen LogP contribution in [-0.2, 0) is 18.4 Å². The van der Waals surface area contributed by atoms with Crippen LogP contribution >= 0.6 is 0 Å². The van der Waals surface area contributed by atoms with E-state index in [1.807, 2.05) is 48.5 Å². The summed E-state index contributed by atoms with van der Waals surface area (Å²) in [4.78, 5) is 0.